The summed E-state index contributed by atoms with van der Waals surface area (Å²) in [5, 5.41) is 0. The minimum absolute atomic E-state index is 0.354. The maximum atomic E-state index is 12.4. The largest absolute Gasteiger partial charge is 0.342 e. The number of hydrogen-bond donors (Lipinski definition) is 1. The van der Waals surface area contributed by atoms with Crippen molar-refractivity contribution in [1.82, 2.24) is 19.1 Å². The smallest absolute Gasteiger partial charge is 0.329 e. The summed E-state index contributed by atoms with van der Waals surface area (Å²) in [4.78, 5) is 33.5. The van der Waals surface area contributed by atoms with Crippen LogP contribution in [0, 0.1) is 11.8 Å². The van der Waals surface area contributed by atoms with Gasteiger partial charge in [0.1, 0.15) is 0 Å². The van der Waals surface area contributed by atoms with E-state index in [1.165, 1.54) is 4.57 Å². The summed E-state index contributed by atoms with van der Waals surface area (Å²) >= 11 is 0. The van der Waals surface area contributed by atoms with Crippen LogP contribution in [0.15, 0.2) is 9.59 Å². The molecule has 0 amide bonds. The van der Waals surface area contributed by atoms with Crippen molar-refractivity contribution in [3.63, 3.8) is 0 Å². The molecule has 2 aromatic heterocycles. The standard InChI is InChI=1S/C16H25N5O2/c1-10(2)9-21-12-13(19(4)16(23)18-14(12)22)17-15(21)20-7-5-11(3)6-8-20/h10-11H,5-9H2,1-4H3,(H,18,22,23). The number of aromatic nitrogens is 4. The molecule has 1 saturated heterocycles. The van der Waals surface area contributed by atoms with Crippen LogP contribution in [0.2, 0.25) is 0 Å². The first-order chi connectivity index (χ1) is 10.9. The molecule has 7 heteroatoms. The van der Waals surface area contributed by atoms with E-state index in [1.54, 1.807) is 7.05 Å². The highest BCUT2D eigenvalue weighted by molar-refractivity contribution is 5.74. The molecule has 0 aliphatic carbocycles. The lowest BCUT2D eigenvalue weighted by molar-refractivity contribution is 0.427. The lowest BCUT2D eigenvalue weighted by Crippen LogP contribution is -2.35. The highest BCUT2D eigenvalue weighted by atomic mass is 16.2. The third-order valence-corrected chi connectivity index (χ3v) is 4.60. The van der Waals surface area contributed by atoms with Crippen LogP contribution < -0.4 is 16.1 Å². The van der Waals surface area contributed by atoms with Crippen LogP contribution in [-0.4, -0.2) is 32.2 Å². The second kappa shape index (κ2) is 5.86. The summed E-state index contributed by atoms with van der Waals surface area (Å²) < 4.78 is 3.40. The number of imidazole rings is 1. The molecule has 0 saturated carbocycles. The quantitative estimate of drug-likeness (QED) is 0.925. The number of anilines is 1. The zero-order chi connectivity index (χ0) is 16.7. The molecule has 0 radical (unpaired) electrons. The molecule has 3 heterocycles. The van der Waals surface area contributed by atoms with Crippen LogP contribution in [0.4, 0.5) is 5.95 Å². The Bertz CT molecular complexity index is 821. The molecule has 2 aromatic rings. The highest BCUT2D eigenvalue weighted by Gasteiger charge is 2.24. The van der Waals surface area contributed by atoms with Gasteiger partial charge in [0, 0.05) is 26.7 Å². The van der Waals surface area contributed by atoms with E-state index < -0.39 is 5.69 Å². The molecule has 23 heavy (non-hydrogen) atoms. The second-order valence-electron chi connectivity index (χ2n) is 7.08. The number of aromatic amines is 1. The number of rotatable bonds is 3. The third-order valence-electron chi connectivity index (χ3n) is 4.60. The van der Waals surface area contributed by atoms with Crippen molar-refractivity contribution in [2.75, 3.05) is 18.0 Å². The summed E-state index contributed by atoms with van der Waals surface area (Å²) in [6.07, 6.45) is 2.25. The first-order valence-electron chi connectivity index (χ1n) is 8.33. The predicted octanol–water partition coefficient (Wildman–Crippen LogP) is 1.32. The molecular weight excluding hydrogens is 294 g/mol. The average molecular weight is 319 g/mol. The minimum atomic E-state index is -0.421. The van der Waals surface area contributed by atoms with E-state index in [0.717, 1.165) is 37.8 Å². The van der Waals surface area contributed by atoms with Gasteiger partial charge < -0.3 is 9.47 Å². The number of nitrogens with zero attached hydrogens (tertiary/aromatic N) is 4. The van der Waals surface area contributed by atoms with Gasteiger partial charge >= 0.3 is 5.69 Å². The Morgan fingerprint density at radius 1 is 1.26 bits per heavy atom. The number of H-pyrrole nitrogens is 1. The van der Waals surface area contributed by atoms with Crippen molar-refractivity contribution in [3.05, 3.63) is 20.8 Å². The number of fused-ring (bicyclic) bond motifs is 1. The molecule has 1 aliphatic heterocycles. The number of nitrogens with one attached hydrogen (secondary N) is 1. The Morgan fingerprint density at radius 3 is 2.52 bits per heavy atom. The first kappa shape index (κ1) is 15.8. The lowest BCUT2D eigenvalue weighted by Gasteiger charge is -2.31. The Hall–Kier alpha value is -2.05. The van der Waals surface area contributed by atoms with Crippen LogP contribution in [0.1, 0.15) is 33.6 Å². The summed E-state index contributed by atoms with van der Waals surface area (Å²) in [6, 6.07) is 0. The van der Waals surface area contributed by atoms with Crippen molar-refractivity contribution < 1.29 is 0 Å². The van der Waals surface area contributed by atoms with Gasteiger partial charge in [-0.15, -0.1) is 0 Å². The molecule has 0 bridgehead atoms. The Labute approximate surface area is 134 Å². The zero-order valence-electron chi connectivity index (χ0n) is 14.3. The van der Waals surface area contributed by atoms with Crippen LogP contribution in [0.25, 0.3) is 11.2 Å². The predicted molar refractivity (Wildman–Crippen MR) is 91.0 cm³/mol. The summed E-state index contributed by atoms with van der Waals surface area (Å²) in [7, 11) is 1.65. The van der Waals surface area contributed by atoms with Gasteiger partial charge in [0.2, 0.25) is 5.95 Å². The van der Waals surface area contributed by atoms with Gasteiger partial charge in [0.05, 0.1) is 0 Å². The second-order valence-corrected chi connectivity index (χ2v) is 7.08. The Kier molecular flexibility index (Phi) is 4.04. The van der Waals surface area contributed by atoms with Crippen LogP contribution >= 0.6 is 0 Å². The maximum absolute atomic E-state index is 12.4. The van der Waals surface area contributed by atoms with Gasteiger partial charge in [-0.05, 0) is 24.7 Å². The van der Waals surface area contributed by atoms with Crippen LogP contribution in [-0.2, 0) is 13.6 Å². The van der Waals surface area contributed by atoms with Crippen LogP contribution in [0.5, 0.6) is 0 Å². The minimum Gasteiger partial charge on any atom is -0.342 e. The van der Waals surface area contributed by atoms with E-state index in [9.17, 15) is 9.59 Å². The van der Waals surface area contributed by atoms with Crippen LogP contribution in [0.3, 0.4) is 0 Å². The molecule has 1 fully saturated rings. The van der Waals surface area contributed by atoms with Crippen molar-refractivity contribution in [3.8, 4) is 0 Å². The average Bonchev–Trinajstić information content (AvgIpc) is 2.85. The molecule has 1 N–H and O–H groups in total. The van der Waals surface area contributed by atoms with Gasteiger partial charge in [-0.25, -0.2) is 4.79 Å². The van der Waals surface area contributed by atoms with Gasteiger partial charge in [-0.2, -0.15) is 4.98 Å². The van der Waals surface area contributed by atoms with E-state index >= 15 is 0 Å². The highest BCUT2D eigenvalue weighted by Crippen LogP contribution is 2.25. The lowest BCUT2D eigenvalue weighted by atomic mass is 10.00. The van der Waals surface area contributed by atoms with Crippen molar-refractivity contribution in [2.24, 2.45) is 18.9 Å². The molecule has 0 aromatic carbocycles. The monoisotopic (exact) mass is 319 g/mol. The van der Waals surface area contributed by atoms with Crippen molar-refractivity contribution >= 4 is 17.1 Å². The summed E-state index contributed by atoms with van der Waals surface area (Å²) in [5.41, 5.74) is 0.186. The van der Waals surface area contributed by atoms with E-state index in [0.29, 0.717) is 23.6 Å². The van der Waals surface area contributed by atoms with Gasteiger partial charge in [0.15, 0.2) is 11.2 Å². The number of aryl methyl sites for hydroxylation is 1. The zero-order valence-corrected chi connectivity index (χ0v) is 14.3. The summed E-state index contributed by atoms with van der Waals surface area (Å²) in [6.45, 7) is 9.08. The molecule has 3 rings (SSSR count). The number of hydrogen-bond acceptors (Lipinski definition) is 4. The molecule has 0 unspecified atom stereocenters. The number of piperidine rings is 1. The third kappa shape index (κ3) is 2.80. The summed E-state index contributed by atoms with van der Waals surface area (Å²) in [5.74, 6) is 1.92. The molecular formula is C16H25N5O2. The van der Waals surface area contributed by atoms with E-state index in [-0.39, 0.29) is 5.56 Å². The van der Waals surface area contributed by atoms with Gasteiger partial charge in [0.25, 0.3) is 5.56 Å². The maximum Gasteiger partial charge on any atom is 0.329 e. The van der Waals surface area contributed by atoms with Crippen molar-refractivity contribution in [1.29, 1.82) is 0 Å². The Morgan fingerprint density at radius 2 is 1.91 bits per heavy atom. The fraction of sp³-hybridized carbons (Fsp3) is 0.688. The molecule has 126 valence electrons. The molecule has 7 nitrogen and oxygen atoms in total. The van der Waals surface area contributed by atoms with E-state index in [1.807, 2.05) is 4.57 Å². The van der Waals surface area contributed by atoms with Gasteiger partial charge in [-0.3, -0.25) is 14.3 Å². The van der Waals surface area contributed by atoms with E-state index in [4.69, 9.17) is 0 Å². The normalized spacial score (nSPS) is 16.7. The molecule has 0 atom stereocenters. The SMILES string of the molecule is CC(C)Cn1c(N2CCC(C)CC2)nc2c1c(=O)[nH]c(=O)n2C. The van der Waals surface area contributed by atoms with E-state index in [2.05, 4.69) is 35.6 Å². The van der Waals surface area contributed by atoms with Crippen molar-refractivity contribution in [2.45, 2.75) is 40.2 Å². The Balaban J connectivity index is 2.20. The van der Waals surface area contributed by atoms with Gasteiger partial charge in [-0.1, -0.05) is 20.8 Å². The molecule has 0 spiro atoms. The molecule has 1 aliphatic rings. The first-order valence-corrected chi connectivity index (χ1v) is 8.33. The fourth-order valence-electron chi connectivity index (χ4n) is 3.21. The fourth-order valence-corrected chi connectivity index (χ4v) is 3.21. The topological polar surface area (TPSA) is 75.9 Å².